The highest BCUT2D eigenvalue weighted by atomic mass is 35.5. The molecule has 0 fully saturated rings. The lowest BCUT2D eigenvalue weighted by Gasteiger charge is -2.13. The Balaban J connectivity index is 1.71. The van der Waals surface area contributed by atoms with Crippen LogP contribution < -0.4 is 10.1 Å². The lowest BCUT2D eigenvalue weighted by atomic mass is 10.1. The third-order valence-corrected chi connectivity index (χ3v) is 5.10. The van der Waals surface area contributed by atoms with Gasteiger partial charge in [-0.15, -0.1) is 0 Å². The van der Waals surface area contributed by atoms with Crippen LogP contribution in [0.2, 0.25) is 5.02 Å². The van der Waals surface area contributed by atoms with E-state index in [2.05, 4.69) is 15.0 Å². The van der Waals surface area contributed by atoms with E-state index in [-0.39, 0.29) is 18.3 Å². The molecule has 1 N–H and O–H groups in total. The van der Waals surface area contributed by atoms with Crippen molar-refractivity contribution in [3.8, 4) is 17.0 Å². The maximum atomic E-state index is 13.3. The van der Waals surface area contributed by atoms with Gasteiger partial charge in [-0.2, -0.15) is 0 Å². The van der Waals surface area contributed by atoms with E-state index >= 15 is 0 Å². The minimum absolute atomic E-state index is 0.306. The second kappa shape index (κ2) is 9.67. The fourth-order valence-electron chi connectivity index (χ4n) is 3.16. The molecule has 4 aromatic rings. The highest BCUT2D eigenvalue weighted by Gasteiger charge is 2.13. The normalized spacial score (nSPS) is 10.6. The highest BCUT2D eigenvalue weighted by Crippen LogP contribution is 2.32. The molecule has 6 nitrogen and oxygen atoms in total. The second-order valence-corrected chi connectivity index (χ2v) is 7.51. The minimum atomic E-state index is -0.546. The number of aromatic nitrogens is 1. The van der Waals surface area contributed by atoms with Crippen LogP contribution in [-0.4, -0.2) is 30.6 Å². The minimum Gasteiger partial charge on any atom is -0.481 e. The average molecular weight is 465 g/mol. The lowest BCUT2D eigenvalue weighted by molar-refractivity contribution is -0.142. The number of halogens is 2. The number of hydrogen-bond acceptors (Lipinski definition) is 5. The zero-order valence-electron chi connectivity index (χ0n) is 17.5. The SMILES string of the molecule is COC(=O)COc1cc(-c2ccc(F)cc2)nc2ccc(NC(=O)c3ccc(Cl)cc3)cc12. The van der Waals surface area contributed by atoms with Gasteiger partial charge in [0.2, 0.25) is 0 Å². The summed E-state index contributed by atoms with van der Waals surface area (Å²) in [7, 11) is 1.27. The number of carbonyl (C=O) groups excluding carboxylic acids is 2. The monoisotopic (exact) mass is 464 g/mol. The molecule has 8 heteroatoms. The van der Waals surface area contributed by atoms with E-state index in [1.165, 1.54) is 19.2 Å². The van der Waals surface area contributed by atoms with Crippen LogP contribution in [-0.2, 0) is 9.53 Å². The first-order valence-corrected chi connectivity index (χ1v) is 10.3. The first kappa shape index (κ1) is 22.2. The Kier molecular flexibility index (Phi) is 6.51. The van der Waals surface area contributed by atoms with Gasteiger partial charge < -0.3 is 14.8 Å². The van der Waals surface area contributed by atoms with E-state index < -0.39 is 5.97 Å². The van der Waals surface area contributed by atoms with Crippen LogP contribution in [0.25, 0.3) is 22.2 Å². The van der Waals surface area contributed by atoms with E-state index in [9.17, 15) is 14.0 Å². The van der Waals surface area contributed by atoms with E-state index in [0.29, 0.717) is 44.2 Å². The molecule has 0 saturated carbocycles. The van der Waals surface area contributed by atoms with Gasteiger partial charge in [0.1, 0.15) is 11.6 Å². The summed E-state index contributed by atoms with van der Waals surface area (Å²) < 4.78 is 23.7. The molecule has 1 amide bonds. The number of ether oxygens (including phenoxy) is 2. The number of nitrogens with one attached hydrogen (secondary N) is 1. The second-order valence-electron chi connectivity index (χ2n) is 7.07. The van der Waals surface area contributed by atoms with Crippen molar-refractivity contribution in [2.45, 2.75) is 0 Å². The number of esters is 1. The van der Waals surface area contributed by atoms with Crippen molar-refractivity contribution < 1.29 is 23.5 Å². The maximum Gasteiger partial charge on any atom is 0.343 e. The van der Waals surface area contributed by atoms with Gasteiger partial charge in [0.25, 0.3) is 5.91 Å². The molecule has 3 aromatic carbocycles. The smallest absolute Gasteiger partial charge is 0.343 e. The summed E-state index contributed by atoms with van der Waals surface area (Å²) in [5, 5.41) is 3.94. The molecule has 1 heterocycles. The molecule has 0 aliphatic carbocycles. The molecule has 0 aliphatic heterocycles. The molecular weight excluding hydrogens is 447 g/mol. The van der Waals surface area contributed by atoms with Gasteiger partial charge in [-0.3, -0.25) is 4.79 Å². The van der Waals surface area contributed by atoms with Gasteiger partial charge in [0.05, 0.1) is 18.3 Å². The topological polar surface area (TPSA) is 77.5 Å². The van der Waals surface area contributed by atoms with E-state index in [4.69, 9.17) is 16.3 Å². The fourth-order valence-corrected chi connectivity index (χ4v) is 3.29. The van der Waals surface area contributed by atoms with Crippen LogP contribution in [0.3, 0.4) is 0 Å². The van der Waals surface area contributed by atoms with Crippen molar-refractivity contribution in [2.75, 3.05) is 19.0 Å². The molecule has 0 atom stereocenters. The number of rotatable bonds is 6. The van der Waals surface area contributed by atoms with E-state index in [1.807, 2.05) is 0 Å². The van der Waals surface area contributed by atoms with Crippen LogP contribution in [0, 0.1) is 5.82 Å². The van der Waals surface area contributed by atoms with Gasteiger partial charge in [0, 0.05) is 33.3 Å². The first-order valence-electron chi connectivity index (χ1n) is 9.90. The predicted octanol–water partition coefficient (Wildman–Crippen LogP) is 5.50. The number of benzene rings is 3. The number of amides is 1. The average Bonchev–Trinajstić information content (AvgIpc) is 2.83. The van der Waals surface area contributed by atoms with Crippen LogP contribution in [0.1, 0.15) is 10.4 Å². The highest BCUT2D eigenvalue weighted by molar-refractivity contribution is 6.30. The Labute approximate surface area is 193 Å². The van der Waals surface area contributed by atoms with Crippen LogP contribution in [0.4, 0.5) is 10.1 Å². The number of carbonyl (C=O) groups is 2. The summed E-state index contributed by atoms with van der Waals surface area (Å²) in [5.74, 6) is -0.843. The molecule has 4 rings (SSSR count). The third-order valence-electron chi connectivity index (χ3n) is 4.85. The summed E-state index contributed by atoms with van der Waals surface area (Å²) in [5.41, 5.74) is 2.76. The molecule has 33 heavy (non-hydrogen) atoms. The molecule has 0 spiro atoms. The Bertz CT molecular complexity index is 1330. The molecule has 1 aromatic heterocycles. The summed E-state index contributed by atoms with van der Waals surface area (Å²) in [6, 6.07) is 19.2. The maximum absolute atomic E-state index is 13.3. The number of pyridine rings is 1. The van der Waals surface area contributed by atoms with Crippen molar-refractivity contribution in [1.82, 2.24) is 4.98 Å². The summed E-state index contributed by atoms with van der Waals surface area (Å²) in [6.45, 7) is -0.306. The van der Waals surface area contributed by atoms with Crippen molar-refractivity contribution in [3.05, 3.63) is 89.2 Å². The quantitative estimate of drug-likeness (QED) is 0.381. The van der Waals surface area contributed by atoms with Crippen molar-refractivity contribution in [1.29, 1.82) is 0 Å². The zero-order chi connectivity index (χ0) is 23.4. The summed E-state index contributed by atoms with van der Waals surface area (Å²) >= 11 is 5.88. The van der Waals surface area contributed by atoms with Crippen molar-refractivity contribution in [2.24, 2.45) is 0 Å². The lowest BCUT2D eigenvalue weighted by Crippen LogP contribution is -2.13. The van der Waals surface area contributed by atoms with Crippen molar-refractivity contribution >= 4 is 40.1 Å². The van der Waals surface area contributed by atoms with Gasteiger partial charge in [0.15, 0.2) is 6.61 Å². The Morgan fingerprint density at radius 1 is 1.00 bits per heavy atom. The van der Waals surface area contributed by atoms with Gasteiger partial charge >= 0.3 is 5.97 Å². The van der Waals surface area contributed by atoms with Crippen LogP contribution in [0.5, 0.6) is 5.75 Å². The molecule has 0 unspecified atom stereocenters. The van der Waals surface area contributed by atoms with E-state index in [1.54, 1.807) is 60.7 Å². The third kappa shape index (κ3) is 5.27. The molecular formula is C25H18ClFN2O4. The molecule has 0 bridgehead atoms. The molecule has 0 saturated heterocycles. The Morgan fingerprint density at radius 2 is 1.73 bits per heavy atom. The number of hydrogen-bond donors (Lipinski definition) is 1. The van der Waals surface area contributed by atoms with E-state index in [0.717, 1.165) is 0 Å². The van der Waals surface area contributed by atoms with Gasteiger partial charge in [-0.05, 0) is 66.7 Å². The number of fused-ring (bicyclic) bond motifs is 1. The predicted molar refractivity (Wildman–Crippen MR) is 124 cm³/mol. The van der Waals surface area contributed by atoms with Crippen molar-refractivity contribution in [3.63, 3.8) is 0 Å². The standard InChI is InChI=1S/C25H18ClFN2O4/c1-32-24(30)14-33-23-13-22(15-4-8-18(27)9-5-15)29-21-11-10-19(12-20(21)23)28-25(31)16-2-6-17(26)7-3-16/h2-13H,14H2,1H3,(H,28,31). The Hall–Kier alpha value is -3.97. The molecule has 0 aliphatic rings. The summed E-state index contributed by atoms with van der Waals surface area (Å²) in [4.78, 5) is 28.8. The molecule has 0 radical (unpaired) electrons. The first-order chi connectivity index (χ1) is 15.9. The summed E-state index contributed by atoms with van der Waals surface area (Å²) in [6.07, 6.45) is 0. The van der Waals surface area contributed by atoms with Crippen LogP contribution in [0.15, 0.2) is 72.8 Å². The molecule has 166 valence electrons. The fraction of sp³-hybridized carbons (Fsp3) is 0.0800. The largest absolute Gasteiger partial charge is 0.481 e. The van der Waals surface area contributed by atoms with Crippen LogP contribution >= 0.6 is 11.6 Å². The van der Waals surface area contributed by atoms with Gasteiger partial charge in [-0.1, -0.05) is 11.6 Å². The number of nitrogens with zero attached hydrogens (tertiary/aromatic N) is 1. The zero-order valence-corrected chi connectivity index (χ0v) is 18.2. The Morgan fingerprint density at radius 3 is 2.42 bits per heavy atom. The number of anilines is 1. The van der Waals surface area contributed by atoms with Gasteiger partial charge in [-0.25, -0.2) is 14.2 Å². The number of methoxy groups -OCH3 is 1.